The first kappa shape index (κ1) is 20.9. The molecule has 32 heavy (non-hydrogen) atoms. The molecule has 0 radical (unpaired) electrons. The fraction of sp³-hybridized carbons (Fsp3) is 0.731. The van der Waals surface area contributed by atoms with Gasteiger partial charge in [0.15, 0.2) is 5.60 Å². The Kier molecular flexibility index (Phi) is 4.70. The van der Waals surface area contributed by atoms with Crippen LogP contribution in [-0.2, 0) is 19.3 Å². The number of benzene rings is 1. The molecule has 0 atom stereocenters. The van der Waals surface area contributed by atoms with Crippen molar-refractivity contribution in [3.8, 4) is 5.75 Å². The van der Waals surface area contributed by atoms with E-state index in [4.69, 9.17) is 19.2 Å². The highest BCUT2D eigenvalue weighted by Crippen LogP contribution is 2.64. The maximum atomic E-state index is 11.3. The molecular formula is C26H34O6. The zero-order chi connectivity index (χ0) is 22.1. The molecule has 6 nitrogen and oxygen atoms in total. The van der Waals surface area contributed by atoms with Crippen LogP contribution in [0.25, 0.3) is 0 Å². The molecule has 1 aliphatic heterocycles. The number of hydrogen-bond donors (Lipinski definition) is 1. The lowest BCUT2D eigenvalue weighted by Gasteiger charge is -2.57. The van der Waals surface area contributed by atoms with Gasteiger partial charge in [0.1, 0.15) is 5.75 Å². The van der Waals surface area contributed by atoms with Gasteiger partial charge in [-0.2, -0.15) is 9.78 Å². The summed E-state index contributed by atoms with van der Waals surface area (Å²) >= 11 is 0. The van der Waals surface area contributed by atoms with Gasteiger partial charge in [0.2, 0.25) is 11.6 Å². The fourth-order valence-corrected chi connectivity index (χ4v) is 7.33. The number of aliphatic carboxylic acids is 1. The van der Waals surface area contributed by atoms with E-state index in [1.54, 1.807) is 13.8 Å². The molecule has 0 amide bonds. The summed E-state index contributed by atoms with van der Waals surface area (Å²) in [6.07, 6.45) is 10.0. The van der Waals surface area contributed by atoms with Crippen LogP contribution in [0, 0.1) is 23.7 Å². The lowest BCUT2D eigenvalue weighted by Crippen LogP contribution is -2.59. The molecule has 1 aromatic rings. The first-order chi connectivity index (χ1) is 15.3. The smallest absolute Gasteiger partial charge is 0.347 e. The molecule has 1 heterocycles. The van der Waals surface area contributed by atoms with Crippen LogP contribution in [0.3, 0.4) is 0 Å². The van der Waals surface area contributed by atoms with Crippen LogP contribution in [-0.4, -0.2) is 28.3 Å². The zero-order valence-corrected chi connectivity index (χ0v) is 19.0. The van der Waals surface area contributed by atoms with Crippen molar-refractivity contribution in [2.45, 2.75) is 94.7 Å². The van der Waals surface area contributed by atoms with Crippen LogP contribution in [0.4, 0.5) is 0 Å². The second-order valence-corrected chi connectivity index (χ2v) is 11.5. The molecule has 6 aliphatic rings. The van der Waals surface area contributed by atoms with Crippen LogP contribution < -0.4 is 4.74 Å². The highest BCUT2D eigenvalue weighted by atomic mass is 17.3. The van der Waals surface area contributed by atoms with Crippen molar-refractivity contribution >= 4 is 5.97 Å². The summed E-state index contributed by atoms with van der Waals surface area (Å²) < 4.78 is 12.5. The Morgan fingerprint density at radius 3 is 2.12 bits per heavy atom. The lowest BCUT2D eigenvalue weighted by molar-refractivity contribution is -0.390. The highest BCUT2D eigenvalue weighted by molar-refractivity contribution is 5.76. The molecule has 7 rings (SSSR count). The predicted octanol–water partition coefficient (Wildman–Crippen LogP) is 5.41. The van der Waals surface area contributed by atoms with Gasteiger partial charge >= 0.3 is 5.97 Å². The Morgan fingerprint density at radius 1 is 0.969 bits per heavy atom. The van der Waals surface area contributed by atoms with Crippen molar-refractivity contribution in [2.75, 3.05) is 0 Å². The Hall–Kier alpha value is -1.63. The summed E-state index contributed by atoms with van der Waals surface area (Å²) in [7, 11) is 0. The van der Waals surface area contributed by atoms with Gasteiger partial charge in [-0.1, -0.05) is 12.1 Å². The SMILES string of the molecule is CC(C)(Oc1ccc([C@H]2CC[C@]3(CC2)OO[C@]2(O3)C3CC4CC(C3)CC2C4)cc1)C(=O)O. The minimum atomic E-state index is -1.25. The largest absolute Gasteiger partial charge is 0.478 e. The molecule has 5 saturated carbocycles. The molecule has 6 heteroatoms. The summed E-state index contributed by atoms with van der Waals surface area (Å²) in [5.74, 6) is 1.70. The van der Waals surface area contributed by atoms with Crippen LogP contribution in [0.1, 0.15) is 83.1 Å². The van der Waals surface area contributed by atoms with Gasteiger partial charge < -0.3 is 14.6 Å². The highest BCUT2D eigenvalue weighted by Gasteiger charge is 2.66. The summed E-state index contributed by atoms with van der Waals surface area (Å²) in [5.41, 5.74) is 0.00706. The van der Waals surface area contributed by atoms with E-state index in [0.29, 0.717) is 23.5 Å². The van der Waals surface area contributed by atoms with Crippen LogP contribution in [0.2, 0.25) is 0 Å². The number of hydrogen-bond acceptors (Lipinski definition) is 5. The Labute approximate surface area is 189 Å². The van der Waals surface area contributed by atoms with Crippen molar-refractivity contribution in [1.29, 1.82) is 0 Å². The predicted molar refractivity (Wildman–Crippen MR) is 116 cm³/mol. The average molecular weight is 443 g/mol. The molecule has 1 N–H and O–H groups in total. The summed E-state index contributed by atoms with van der Waals surface area (Å²) in [6.45, 7) is 3.12. The van der Waals surface area contributed by atoms with Crippen molar-refractivity contribution in [1.82, 2.24) is 0 Å². The molecule has 2 spiro atoms. The van der Waals surface area contributed by atoms with Crippen molar-refractivity contribution in [3.05, 3.63) is 29.8 Å². The van der Waals surface area contributed by atoms with Gasteiger partial charge in [0.25, 0.3) is 0 Å². The third-order valence-electron chi connectivity index (χ3n) is 8.93. The number of rotatable bonds is 4. The van der Waals surface area contributed by atoms with Crippen LogP contribution >= 0.6 is 0 Å². The Balaban J connectivity index is 1.10. The normalized spacial score (nSPS) is 42.6. The maximum Gasteiger partial charge on any atom is 0.347 e. The molecule has 0 unspecified atom stereocenters. The molecule has 4 bridgehead atoms. The third-order valence-corrected chi connectivity index (χ3v) is 8.93. The molecule has 6 fully saturated rings. The second kappa shape index (κ2) is 7.18. The van der Waals surface area contributed by atoms with Crippen LogP contribution in [0.5, 0.6) is 5.75 Å². The van der Waals surface area contributed by atoms with E-state index >= 15 is 0 Å². The maximum absolute atomic E-state index is 11.3. The summed E-state index contributed by atoms with van der Waals surface area (Å²) in [4.78, 5) is 23.5. The molecule has 0 aromatic heterocycles. The number of ether oxygens (including phenoxy) is 2. The first-order valence-electron chi connectivity index (χ1n) is 12.4. The average Bonchev–Trinajstić information content (AvgIpc) is 3.12. The topological polar surface area (TPSA) is 74.2 Å². The van der Waals surface area contributed by atoms with E-state index in [2.05, 4.69) is 12.1 Å². The number of carboxylic acid groups (broad SMARTS) is 1. The molecule has 1 aromatic carbocycles. The van der Waals surface area contributed by atoms with E-state index in [9.17, 15) is 9.90 Å². The zero-order valence-electron chi connectivity index (χ0n) is 19.0. The van der Waals surface area contributed by atoms with E-state index in [1.807, 2.05) is 12.1 Å². The lowest BCUT2D eigenvalue weighted by atomic mass is 9.53. The Bertz CT molecular complexity index is 854. The van der Waals surface area contributed by atoms with Gasteiger partial charge in [0.05, 0.1) is 0 Å². The summed E-state index contributed by atoms with van der Waals surface area (Å²) in [5, 5.41) is 9.26. The first-order valence-corrected chi connectivity index (χ1v) is 12.4. The van der Waals surface area contributed by atoms with Gasteiger partial charge in [-0.05, 0) is 94.2 Å². The fourth-order valence-electron chi connectivity index (χ4n) is 7.33. The van der Waals surface area contributed by atoms with E-state index in [0.717, 1.165) is 37.5 Å². The van der Waals surface area contributed by atoms with Crippen LogP contribution in [0.15, 0.2) is 24.3 Å². The van der Waals surface area contributed by atoms with E-state index < -0.39 is 23.1 Å². The van der Waals surface area contributed by atoms with Crippen molar-refractivity contribution < 1.29 is 29.1 Å². The second-order valence-electron chi connectivity index (χ2n) is 11.5. The van der Waals surface area contributed by atoms with Crippen molar-refractivity contribution in [2.24, 2.45) is 23.7 Å². The van der Waals surface area contributed by atoms with Gasteiger partial charge in [-0.25, -0.2) is 4.79 Å². The quantitative estimate of drug-likeness (QED) is 0.628. The van der Waals surface area contributed by atoms with Gasteiger partial charge in [0, 0.05) is 24.7 Å². The Morgan fingerprint density at radius 2 is 1.56 bits per heavy atom. The van der Waals surface area contributed by atoms with Gasteiger partial charge in [-0.3, -0.25) is 0 Å². The summed E-state index contributed by atoms with van der Waals surface area (Å²) in [6, 6.07) is 7.86. The molecule has 174 valence electrons. The monoisotopic (exact) mass is 442 g/mol. The number of carbonyl (C=O) groups is 1. The third kappa shape index (κ3) is 3.29. The number of carboxylic acids is 1. The van der Waals surface area contributed by atoms with E-state index in [-0.39, 0.29) is 0 Å². The molecule has 5 aliphatic carbocycles. The molecular weight excluding hydrogens is 408 g/mol. The standard InChI is InChI=1S/C26H34O6/c1-24(2,23(27)28)29-22-5-3-18(4-6-22)19-7-9-25(10-8-19)30-26(32-31-25)20-12-16-11-17(14-20)15-21(26)13-16/h3-6,16-17,19-21H,7-15H2,1-2H3,(H,27,28)/t16?,17?,19-,20?,21?,25+,26-. The molecule has 1 saturated heterocycles. The minimum Gasteiger partial charge on any atom is -0.478 e. The van der Waals surface area contributed by atoms with Crippen molar-refractivity contribution in [3.63, 3.8) is 0 Å². The van der Waals surface area contributed by atoms with E-state index in [1.165, 1.54) is 37.7 Å². The minimum absolute atomic E-state index is 0.435. The van der Waals surface area contributed by atoms with Gasteiger partial charge in [-0.15, -0.1) is 0 Å².